The minimum atomic E-state index is -1.46. The van der Waals surface area contributed by atoms with Crippen molar-refractivity contribution in [2.24, 2.45) is 0 Å². The number of amides is 1. The molecule has 1 aromatic carbocycles. The molecule has 1 aliphatic rings. The molecule has 1 saturated heterocycles. The minimum absolute atomic E-state index is 0.129. The maximum atomic E-state index is 11.2. The quantitative estimate of drug-likeness (QED) is 0.438. The number of carbonyl (C=O) groups is 1. The maximum Gasteiger partial charge on any atom is 0.216 e. The lowest BCUT2D eigenvalue weighted by atomic mass is 9.98. The molecule has 2 heterocycles. The van der Waals surface area contributed by atoms with E-state index in [1.807, 2.05) is 6.07 Å². The first-order chi connectivity index (χ1) is 13.4. The first-order valence-electron chi connectivity index (χ1n) is 9.09. The number of aliphatic hydroxyl groups excluding tert-OH is 4. The van der Waals surface area contributed by atoms with Crippen molar-refractivity contribution in [3.63, 3.8) is 0 Å². The summed E-state index contributed by atoms with van der Waals surface area (Å²) in [6, 6.07) is 5.41. The van der Waals surface area contributed by atoms with Gasteiger partial charge in [0.1, 0.15) is 30.2 Å². The van der Waals surface area contributed by atoms with Crippen LogP contribution in [0, 0.1) is 0 Å². The van der Waals surface area contributed by atoms with E-state index in [1.165, 1.54) is 6.92 Å². The number of hydrogen-bond acceptors (Lipinski definition) is 7. The normalized spacial score (nSPS) is 27.7. The molecule has 0 aliphatic carbocycles. The average Bonchev–Trinajstić information content (AvgIpc) is 3.04. The third-order valence-corrected chi connectivity index (χ3v) is 5.03. The monoisotopic (exact) mass is 394 g/mol. The van der Waals surface area contributed by atoms with E-state index < -0.39 is 37.3 Å². The van der Waals surface area contributed by atoms with E-state index in [0.29, 0.717) is 18.7 Å². The van der Waals surface area contributed by atoms with Crippen molar-refractivity contribution >= 4 is 16.8 Å². The SMILES string of the molecule is COc1ccc2c(c1)c(CCNC(C)=O)cn2[C@@H]1O[C@H](CO)[C@H](O)[C@H](O)[C@H]1O. The number of nitrogens with zero attached hydrogens (tertiary/aromatic N) is 1. The van der Waals surface area contributed by atoms with Gasteiger partial charge in [-0.1, -0.05) is 0 Å². The zero-order chi connectivity index (χ0) is 20.4. The largest absolute Gasteiger partial charge is 0.497 e. The molecule has 9 heteroatoms. The second-order valence-electron chi connectivity index (χ2n) is 6.90. The van der Waals surface area contributed by atoms with Crippen molar-refractivity contribution in [3.8, 4) is 5.75 Å². The van der Waals surface area contributed by atoms with Crippen LogP contribution >= 0.6 is 0 Å². The molecular weight excluding hydrogens is 368 g/mol. The van der Waals surface area contributed by atoms with Gasteiger partial charge < -0.3 is 39.8 Å². The van der Waals surface area contributed by atoms with Crippen LogP contribution in [0.2, 0.25) is 0 Å². The molecule has 0 unspecified atom stereocenters. The number of nitrogens with one attached hydrogen (secondary N) is 1. The van der Waals surface area contributed by atoms with Crippen molar-refractivity contribution < 1.29 is 34.7 Å². The molecular formula is C19H26N2O7. The number of ether oxygens (including phenoxy) is 2. The zero-order valence-corrected chi connectivity index (χ0v) is 15.8. The lowest BCUT2D eigenvalue weighted by molar-refractivity contribution is -0.250. The minimum Gasteiger partial charge on any atom is -0.497 e. The number of carbonyl (C=O) groups excluding carboxylic acids is 1. The summed E-state index contributed by atoms with van der Waals surface area (Å²) in [6.45, 7) is 1.38. The molecule has 9 nitrogen and oxygen atoms in total. The topological polar surface area (TPSA) is 133 Å². The van der Waals surface area contributed by atoms with E-state index >= 15 is 0 Å². The number of rotatable bonds is 6. The first-order valence-corrected chi connectivity index (χ1v) is 9.09. The van der Waals surface area contributed by atoms with Crippen LogP contribution in [0.1, 0.15) is 18.7 Å². The molecule has 1 aliphatic heterocycles. The Labute approximate surface area is 162 Å². The summed E-state index contributed by atoms with van der Waals surface area (Å²) < 4.78 is 12.7. The van der Waals surface area contributed by atoms with Gasteiger partial charge in [0.15, 0.2) is 6.23 Å². The molecule has 3 rings (SSSR count). The van der Waals surface area contributed by atoms with Crippen LogP contribution in [-0.4, -0.2) is 75.6 Å². The first kappa shape index (κ1) is 20.6. The Hall–Kier alpha value is -2.17. The number of aliphatic hydroxyl groups is 4. The van der Waals surface area contributed by atoms with Crippen LogP contribution in [0.4, 0.5) is 0 Å². The third-order valence-electron chi connectivity index (χ3n) is 5.03. The second kappa shape index (κ2) is 8.46. The van der Waals surface area contributed by atoms with Crippen LogP contribution in [0.5, 0.6) is 5.75 Å². The Morgan fingerprint density at radius 3 is 2.64 bits per heavy atom. The fraction of sp³-hybridized carbons (Fsp3) is 0.526. The molecule has 0 bridgehead atoms. The lowest BCUT2D eigenvalue weighted by Gasteiger charge is -2.40. The van der Waals surface area contributed by atoms with Crippen LogP contribution in [0.3, 0.4) is 0 Å². The smallest absolute Gasteiger partial charge is 0.216 e. The number of fused-ring (bicyclic) bond motifs is 1. The summed E-state index contributed by atoms with van der Waals surface area (Å²) in [7, 11) is 1.56. The summed E-state index contributed by atoms with van der Waals surface area (Å²) in [6.07, 6.45) is -3.96. The van der Waals surface area contributed by atoms with Gasteiger partial charge >= 0.3 is 0 Å². The van der Waals surface area contributed by atoms with Gasteiger partial charge in [-0.2, -0.15) is 0 Å². The molecule has 154 valence electrons. The van der Waals surface area contributed by atoms with Gasteiger partial charge in [0, 0.05) is 25.1 Å². The number of methoxy groups -OCH3 is 1. The summed E-state index contributed by atoms with van der Waals surface area (Å²) in [5.74, 6) is 0.523. The molecule has 1 amide bonds. The zero-order valence-electron chi connectivity index (χ0n) is 15.8. The lowest BCUT2D eigenvalue weighted by Crippen LogP contribution is -2.56. The van der Waals surface area contributed by atoms with Crippen LogP contribution in [0.15, 0.2) is 24.4 Å². The average molecular weight is 394 g/mol. The van der Waals surface area contributed by atoms with E-state index in [-0.39, 0.29) is 5.91 Å². The summed E-state index contributed by atoms with van der Waals surface area (Å²) >= 11 is 0. The predicted molar refractivity (Wildman–Crippen MR) is 99.9 cm³/mol. The Balaban J connectivity index is 2.01. The Bertz CT molecular complexity index is 835. The molecule has 5 atom stereocenters. The fourth-order valence-corrected chi connectivity index (χ4v) is 3.53. The second-order valence-corrected chi connectivity index (χ2v) is 6.90. The van der Waals surface area contributed by atoms with Crippen LogP contribution in [-0.2, 0) is 16.0 Å². The molecule has 0 radical (unpaired) electrons. The molecule has 0 saturated carbocycles. The third kappa shape index (κ3) is 3.85. The van der Waals surface area contributed by atoms with Gasteiger partial charge in [0.2, 0.25) is 5.91 Å². The molecule has 2 aromatic rings. The van der Waals surface area contributed by atoms with Crippen molar-refractivity contribution in [1.29, 1.82) is 0 Å². The van der Waals surface area contributed by atoms with Crippen molar-refractivity contribution in [2.45, 2.75) is 44.0 Å². The highest BCUT2D eigenvalue weighted by molar-refractivity contribution is 5.85. The van der Waals surface area contributed by atoms with E-state index in [1.54, 1.807) is 30.0 Å². The fourth-order valence-electron chi connectivity index (χ4n) is 3.53. The van der Waals surface area contributed by atoms with Gasteiger partial charge in [-0.25, -0.2) is 0 Å². The molecule has 1 fully saturated rings. The van der Waals surface area contributed by atoms with E-state index in [0.717, 1.165) is 16.5 Å². The van der Waals surface area contributed by atoms with E-state index in [9.17, 15) is 25.2 Å². The highest BCUT2D eigenvalue weighted by atomic mass is 16.6. The van der Waals surface area contributed by atoms with Crippen LogP contribution < -0.4 is 10.1 Å². The van der Waals surface area contributed by atoms with Gasteiger partial charge in [-0.3, -0.25) is 4.79 Å². The maximum absolute atomic E-state index is 11.2. The van der Waals surface area contributed by atoms with Crippen molar-refractivity contribution in [2.75, 3.05) is 20.3 Å². The highest BCUT2D eigenvalue weighted by Crippen LogP contribution is 2.34. The molecule has 5 N–H and O–H groups in total. The van der Waals surface area contributed by atoms with Crippen molar-refractivity contribution in [3.05, 3.63) is 30.0 Å². The highest BCUT2D eigenvalue weighted by Gasteiger charge is 2.44. The summed E-state index contributed by atoms with van der Waals surface area (Å²) in [5, 5.41) is 43.6. The molecule has 1 aromatic heterocycles. The Kier molecular flexibility index (Phi) is 6.21. The van der Waals surface area contributed by atoms with Gasteiger partial charge in [0.25, 0.3) is 0 Å². The van der Waals surface area contributed by atoms with Gasteiger partial charge in [0.05, 0.1) is 19.2 Å². The Morgan fingerprint density at radius 1 is 1.25 bits per heavy atom. The van der Waals surface area contributed by atoms with E-state index in [2.05, 4.69) is 5.32 Å². The predicted octanol–water partition coefficient (Wildman–Crippen LogP) is -0.699. The van der Waals surface area contributed by atoms with Crippen molar-refractivity contribution in [1.82, 2.24) is 9.88 Å². The van der Waals surface area contributed by atoms with Crippen LogP contribution in [0.25, 0.3) is 10.9 Å². The molecule has 0 spiro atoms. The van der Waals surface area contributed by atoms with Gasteiger partial charge in [-0.15, -0.1) is 0 Å². The standard InChI is InChI=1S/C19H26N2O7/c1-10(23)20-6-5-11-8-21(14-4-3-12(27-2)7-13(11)14)19-18(26)17(25)16(24)15(9-22)28-19/h3-4,7-8,15-19,22,24-26H,5-6,9H2,1-2H3,(H,20,23)/t15-,16+,17+,18-,19-/m1/s1. The number of benzene rings is 1. The summed E-state index contributed by atoms with van der Waals surface area (Å²) in [4.78, 5) is 11.2. The van der Waals surface area contributed by atoms with E-state index in [4.69, 9.17) is 9.47 Å². The van der Waals surface area contributed by atoms with Gasteiger partial charge in [-0.05, 0) is 30.2 Å². The Morgan fingerprint density at radius 2 is 2.00 bits per heavy atom. The number of hydrogen-bond donors (Lipinski definition) is 5. The molecule has 28 heavy (non-hydrogen) atoms. The number of aromatic nitrogens is 1. The summed E-state index contributed by atoms with van der Waals surface area (Å²) in [5.41, 5.74) is 1.61.